The number of hydrogen-bond donors (Lipinski definition) is 2. The number of nitriles is 1. The third-order valence-corrected chi connectivity index (χ3v) is 3.85. The summed E-state index contributed by atoms with van der Waals surface area (Å²) in [6.45, 7) is 3.25. The summed E-state index contributed by atoms with van der Waals surface area (Å²) < 4.78 is 10.8. The SMILES string of the molecule is CC[C@H](C)NC(=O)/C(C#N)=C/c1cc(Br)c(OCC(=O)O)c(OC)c1. The zero-order valence-corrected chi connectivity index (χ0v) is 15.7. The second-order valence-corrected chi connectivity index (χ2v) is 6.02. The monoisotopic (exact) mass is 410 g/mol. The predicted molar refractivity (Wildman–Crippen MR) is 95.3 cm³/mol. The van der Waals surface area contributed by atoms with Crippen LogP contribution in [-0.4, -0.2) is 36.7 Å². The molecule has 0 radical (unpaired) electrons. The third-order valence-electron chi connectivity index (χ3n) is 3.26. The van der Waals surface area contributed by atoms with Crippen LogP contribution in [0.5, 0.6) is 11.5 Å². The fraction of sp³-hybridized carbons (Fsp3) is 0.353. The Balaban J connectivity index is 3.16. The standard InChI is InChI=1S/C17H19BrN2O5/c1-4-10(2)20-17(23)12(8-19)5-11-6-13(18)16(14(7-11)24-3)25-9-15(21)22/h5-7,10H,4,9H2,1-3H3,(H,20,23)(H,21,22)/b12-5+/t10-/m0/s1. The molecule has 2 N–H and O–H groups in total. The molecule has 0 unspecified atom stereocenters. The second-order valence-electron chi connectivity index (χ2n) is 5.17. The number of carbonyl (C=O) groups is 2. The summed E-state index contributed by atoms with van der Waals surface area (Å²) >= 11 is 3.28. The number of rotatable bonds is 8. The molecule has 0 bridgehead atoms. The van der Waals surface area contributed by atoms with Crippen LogP contribution in [0.25, 0.3) is 6.08 Å². The molecule has 0 spiro atoms. The zero-order valence-electron chi connectivity index (χ0n) is 14.1. The van der Waals surface area contributed by atoms with Crippen molar-refractivity contribution >= 4 is 33.9 Å². The number of methoxy groups -OCH3 is 1. The molecule has 0 saturated carbocycles. The predicted octanol–water partition coefficient (Wildman–Crippen LogP) is 2.74. The lowest BCUT2D eigenvalue weighted by atomic mass is 10.1. The summed E-state index contributed by atoms with van der Waals surface area (Å²) in [4.78, 5) is 22.7. The lowest BCUT2D eigenvalue weighted by Gasteiger charge is -2.13. The van der Waals surface area contributed by atoms with E-state index in [1.807, 2.05) is 19.9 Å². The van der Waals surface area contributed by atoms with Crippen molar-refractivity contribution in [2.24, 2.45) is 0 Å². The molecule has 0 aliphatic rings. The first kappa shape index (κ1) is 20.5. The summed E-state index contributed by atoms with van der Waals surface area (Å²) in [6, 6.07) is 4.99. The van der Waals surface area contributed by atoms with Gasteiger partial charge in [0, 0.05) is 6.04 Å². The number of amides is 1. The van der Waals surface area contributed by atoms with Crippen LogP contribution < -0.4 is 14.8 Å². The van der Waals surface area contributed by atoms with Crippen LogP contribution in [0.15, 0.2) is 22.2 Å². The highest BCUT2D eigenvalue weighted by atomic mass is 79.9. The van der Waals surface area contributed by atoms with E-state index in [0.717, 1.165) is 6.42 Å². The molecule has 8 heteroatoms. The van der Waals surface area contributed by atoms with Gasteiger partial charge in [0.25, 0.3) is 5.91 Å². The Kier molecular flexibility index (Phi) is 7.95. The van der Waals surface area contributed by atoms with Gasteiger partial charge < -0.3 is 19.9 Å². The van der Waals surface area contributed by atoms with Gasteiger partial charge in [0.05, 0.1) is 11.6 Å². The summed E-state index contributed by atoms with van der Waals surface area (Å²) in [5.41, 5.74) is 0.482. The number of ether oxygens (including phenoxy) is 2. The average molecular weight is 411 g/mol. The Morgan fingerprint density at radius 3 is 2.68 bits per heavy atom. The fourth-order valence-electron chi connectivity index (χ4n) is 1.82. The van der Waals surface area contributed by atoms with Gasteiger partial charge in [-0.1, -0.05) is 6.92 Å². The number of hydrogen-bond acceptors (Lipinski definition) is 5. The van der Waals surface area contributed by atoms with Crippen molar-refractivity contribution in [3.8, 4) is 17.6 Å². The molecule has 7 nitrogen and oxygen atoms in total. The topological polar surface area (TPSA) is 109 Å². The number of halogens is 1. The second kappa shape index (κ2) is 9.69. The Morgan fingerprint density at radius 2 is 2.16 bits per heavy atom. The molecular formula is C17H19BrN2O5. The number of nitrogens with zero attached hydrogens (tertiary/aromatic N) is 1. The summed E-state index contributed by atoms with van der Waals surface area (Å²) in [5, 5.41) is 20.7. The van der Waals surface area contributed by atoms with Gasteiger partial charge >= 0.3 is 5.97 Å². The van der Waals surface area contributed by atoms with Gasteiger partial charge in [-0.2, -0.15) is 5.26 Å². The van der Waals surface area contributed by atoms with E-state index >= 15 is 0 Å². The van der Waals surface area contributed by atoms with Gasteiger partial charge in [-0.25, -0.2) is 4.79 Å². The molecule has 1 aromatic rings. The minimum Gasteiger partial charge on any atom is -0.493 e. The van der Waals surface area contributed by atoms with Crippen molar-refractivity contribution in [3.05, 3.63) is 27.7 Å². The van der Waals surface area contributed by atoms with E-state index in [2.05, 4.69) is 21.2 Å². The van der Waals surface area contributed by atoms with E-state index in [1.54, 1.807) is 12.1 Å². The van der Waals surface area contributed by atoms with Gasteiger partial charge in [-0.3, -0.25) is 4.79 Å². The molecular weight excluding hydrogens is 392 g/mol. The molecule has 0 heterocycles. The normalized spacial score (nSPS) is 12.0. The van der Waals surface area contributed by atoms with Crippen LogP contribution in [0, 0.1) is 11.3 Å². The van der Waals surface area contributed by atoms with E-state index in [4.69, 9.17) is 14.6 Å². The van der Waals surface area contributed by atoms with Crippen LogP contribution in [0.4, 0.5) is 0 Å². The Bertz CT molecular complexity index is 724. The van der Waals surface area contributed by atoms with Crippen LogP contribution in [0.3, 0.4) is 0 Å². The van der Waals surface area contributed by atoms with E-state index in [1.165, 1.54) is 13.2 Å². The van der Waals surface area contributed by atoms with Crippen molar-refractivity contribution in [1.29, 1.82) is 5.26 Å². The highest BCUT2D eigenvalue weighted by molar-refractivity contribution is 9.10. The first-order valence-electron chi connectivity index (χ1n) is 7.47. The van der Waals surface area contributed by atoms with Crippen molar-refractivity contribution < 1.29 is 24.2 Å². The molecule has 1 amide bonds. The maximum atomic E-state index is 12.1. The number of carbonyl (C=O) groups excluding carboxylic acids is 1. The van der Waals surface area contributed by atoms with E-state index in [9.17, 15) is 14.9 Å². The van der Waals surface area contributed by atoms with Gasteiger partial charge in [-0.05, 0) is 53.0 Å². The zero-order chi connectivity index (χ0) is 19.0. The summed E-state index contributed by atoms with van der Waals surface area (Å²) in [7, 11) is 1.41. The van der Waals surface area contributed by atoms with Gasteiger partial charge in [0.15, 0.2) is 18.1 Å². The minimum atomic E-state index is -1.12. The van der Waals surface area contributed by atoms with Crippen LogP contribution in [0.1, 0.15) is 25.8 Å². The van der Waals surface area contributed by atoms with Crippen LogP contribution >= 0.6 is 15.9 Å². The maximum Gasteiger partial charge on any atom is 0.341 e. The quantitative estimate of drug-likeness (QED) is 0.503. The third kappa shape index (κ3) is 6.12. The summed E-state index contributed by atoms with van der Waals surface area (Å²) in [6.07, 6.45) is 2.17. The van der Waals surface area contributed by atoms with Crippen molar-refractivity contribution in [2.75, 3.05) is 13.7 Å². The van der Waals surface area contributed by atoms with E-state index < -0.39 is 18.5 Å². The number of aliphatic carboxylic acids is 1. The molecule has 134 valence electrons. The van der Waals surface area contributed by atoms with Crippen molar-refractivity contribution in [2.45, 2.75) is 26.3 Å². The number of nitrogens with one attached hydrogen (secondary N) is 1. The van der Waals surface area contributed by atoms with Gasteiger partial charge in [-0.15, -0.1) is 0 Å². The Hall–Kier alpha value is -2.53. The lowest BCUT2D eigenvalue weighted by molar-refractivity contribution is -0.139. The molecule has 1 aromatic carbocycles. The molecule has 1 rings (SSSR count). The molecule has 0 fully saturated rings. The minimum absolute atomic E-state index is 0.0442. The largest absolute Gasteiger partial charge is 0.493 e. The number of benzene rings is 1. The van der Waals surface area contributed by atoms with E-state index in [0.29, 0.717) is 10.0 Å². The smallest absolute Gasteiger partial charge is 0.341 e. The molecule has 0 aliphatic carbocycles. The molecule has 0 saturated heterocycles. The Labute approximate surface area is 154 Å². The first-order chi connectivity index (χ1) is 11.8. The highest BCUT2D eigenvalue weighted by Crippen LogP contribution is 2.37. The maximum absolute atomic E-state index is 12.1. The molecule has 0 aliphatic heterocycles. The molecule has 25 heavy (non-hydrogen) atoms. The molecule has 1 atom stereocenters. The van der Waals surface area contributed by atoms with Crippen molar-refractivity contribution in [3.63, 3.8) is 0 Å². The number of carboxylic acid groups (broad SMARTS) is 1. The number of carboxylic acids is 1. The van der Waals surface area contributed by atoms with Gasteiger partial charge in [0.2, 0.25) is 0 Å². The van der Waals surface area contributed by atoms with Gasteiger partial charge in [0.1, 0.15) is 11.6 Å². The fourth-order valence-corrected chi connectivity index (χ4v) is 2.39. The Morgan fingerprint density at radius 1 is 1.48 bits per heavy atom. The van der Waals surface area contributed by atoms with Crippen molar-refractivity contribution in [1.82, 2.24) is 5.32 Å². The van der Waals surface area contributed by atoms with Crippen LogP contribution in [0.2, 0.25) is 0 Å². The van der Waals surface area contributed by atoms with E-state index in [-0.39, 0.29) is 23.1 Å². The first-order valence-corrected chi connectivity index (χ1v) is 8.26. The average Bonchev–Trinajstić information content (AvgIpc) is 2.57. The highest BCUT2D eigenvalue weighted by Gasteiger charge is 2.15. The van der Waals surface area contributed by atoms with Crippen LogP contribution in [-0.2, 0) is 9.59 Å². The molecule has 0 aromatic heterocycles. The lowest BCUT2D eigenvalue weighted by Crippen LogP contribution is -2.32. The summed E-state index contributed by atoms with van der Waals surface area (Å²) in [5.74, 6) is -1.07.